The second-order valence-electron chi connectivity index (χ2n) is 6.49. The van der Waals surface area contributed by atoms with Crippen LogP contribution in [0.3, 0.4) is 0 Å². The lowest BCUT2D eigenvalue weighted by atomic mass is 9.94. The van der Waals surface area contributed by atoms with E-state index in [-0.39, 0.29) is 0 Å². The number of hydrogen-bond donors (Lipinski definition) is 1. The van der Waals surface area contributed by atoms with E-state index in [0.29, 0.717) is 12.1 Å². The van der Waals surface area contributed by atoms with Gasteiger partial charge in [0, 0.05) is 41.5 Å². The summed E-state index contributed by atoms with van der Waals surface area (Å²) in [5.74, 6) is 0.768. The van der Waals surface area contributed by atoms with Crippen LogP contribution in [0.5, 0.6) is 0 Å². The zero-order valence-corrected chi connectivity index (χ0v) is 15.0. The van der Waals surface area contributed by atoms with Gasteiger partial charge in [-0.15, -0.1) is 11.3 Å². The summed E-state index contributed by atoms with van der Waals surface area (Å²) in [4.78, 5) is 5.80. The van der Waals surface area contributed by atoms with Crippen LogP contribution in [-0.4, -0.2) is 30.1 Å². The molecule has 3 unspecified atom stereocenters. The Bertz CT molecular complexity index is 415. The molecular weight excluding hydrogens is 276 g/mol. The molecule has 0 amide bonds. The molecule has 0 bridgehead atoms. The van der Waals surface area contributed by atoms with Crippen LogP contribution in [0.2, 0.25) is 0 Å². The van der Waals surface area contributed by atoms with Crippen molar-refractivity contribution < 1.29 is 0 Å². The quantitative estimate of drug-likeness (QED) is 0.808. The van der Waals surface area contributed by atoms with Crippen LogP contribution in [0.4, 0.5) is 0 Å². The topological polar surface area (TPSA) is 15.3 Å². The van der Waals surface area contributed by atoms with Gasteiger partial charge in [-0.2, -0.15) is 0 Å². The standard InChI is InChI=1S/C18H32N2S/c1-5-8-15-11-19-18(14(4)6-2)13-20(15)12-17-10-9-16(7-3)21-17/h9-10,14-15,18-19H,5-8,11-13H2,1-4H3. The van der Waals surface area contributed by atoms with Gasteiger partial charge in [-0.1, -0.05) is 40.5 Å². The second-order valence-corrected chi connectivity index (χ2v) is 7.75. The first-order valence-electron chi connectivity index (χ1n) is 8.72. The van der Waals surface area contributed by atoms with Crippen LogP contribution in [-0.2, 0) is 13.0 Å². The summed E-state index contributed by atoms with van der Waals surface area (Å²) in [6, 6.07) is 6.02. The predicted octanol–water partition coefficient (Wildman–Crippen LogP) is 4.30. The van der Waals surface area contributed by atoms with Crippen LogP contribution in [0.15, 0.2) is 12.1 Å². The first kappa shape index (κ1) is 17.0. The maximum Gasteiger partial charge on any atom is 0.0332 e. The molecule has 1 N–H and O–H groups in total. The van der Waals surface area contributed by atoms with Crippen molar-refractivity contribution in [3.63, 3.8) is 0 Å². The van der Waals surface area contributed by atoms with Crippen molar-refractivity contribution in [2.75, 3.05) is 13.1 Å². The average molecular weight is 309 g/mol. The van der Waals surface area contributed by atoms with Gasteiger partial charge in [0.05, 0.1) is 0 Å². The van der Waals surface area contributed by atoms with E-state index >= 15 is 0 Å². The van der Waals surface area contributed by atoms with E-state index in [0.717, 1.165) is 19.0 Å². The third-order valence-electron chi connectivity index (χ3n) is 4.94. The minimum atomic E-state index is 0.661. The molecule has 1 aromatic rings. The van der Waals surface area contributed by atoms with Crippen LogP contribution in [0.25, 0.3) is 0 Å². The number of thiophene rings is 1. The van der Waals surface area contributed by atoms with Gasteiger partial charge in [0.25, 0.3) is 0 Å². The normalized spacial score (nSPS) is 25.1. The Labute approximate surface area is 134 Å². The molecule has 2 heterocycles. The summed E-state index contributed by atoms with van der Waals surface area (Å²) in [5.41, 5.74) is 0. The Morgan fingerprint density at radius 1 is 1.29 bits per heavy atom. The highest BCUT2D eigenvalue weighted by Gasteiger charge is 2.29. The van der Waals surface area contributed by atoms with Crippen molar-refractivity contribution in [3.05, 3.63) is 21.9 Å². The second kappa shape index (κ2) is 8.30. The number of rotatable bonds is 7. The largest absolute Gasteiger partial charge is 0.311 e. The van der Waals surface area contributed by atoms with Gasteiger partial charge in [-0.25, -0.2) is 0 Å². The van der Waals surface area contributed by atoms with Gasteiger partial charge in [-0.05, 0) is 30.9 Å². The molecule has 120 valence electrons. The molecule has 0 aliphatic carbocycles. The fraction of sp³-hybridized carbons (Fsp3) is 0.778. The first-order chi connectivity index (χ1) is 10.2. The Kier molecular flexibility index (Phi) is 6.72. The molecule has 0 saturated carbocycles. The molecule has 0 spiro atoms. The van der Waals surface area contributed by atoms with E-state index in [1.807, 2.05) is 11.3 Å². The molecule has 21 heavy (non-hydrogen) atoms. The summed E-state index contributed by atoms with van der Waals surface area (Å²) >= 11 is 2.00. The van der Waals surface area contributed by atoms with Crippen molar-refractivity contribution in [2.45, 2.75) is 72.0 Å². The third-order valence-corrected chi connectivity index (χ3v) is 6.16. The molecule has 3 atom stereocenters. The van der Waals surface area contributed by atoms with Crippen molar-refractivity contribution >= 4 is 11.3 Å². The van der Waals surface area contributed by atoms with Crippen LogP contribution in [0.1, 0.15) is 56.7 Å². The first-order valence-corrected chi connectivity index (χ1v) is 9.54. The van der Waals surface area contributed by atoms with Crippen molar-refractivity contribution in [1.29, 1.82) is 0 Å². The minimum absolute atomic E-state index is 0.661. The molecule has 0 aromatic carbocycles. The van der Waals surface area contributed by atoms with Crippen LogP contribution in [0, 0.1) is 5.92 Å². The van der Waals surface area contributed by atoms with Gasteiger partial charge in [0.1, 0.15) is 0 Å². The lowest BCUT2D eigenvalue weighted by Crippen LogP contribution is -2.57. The Balaban J connectivity index is 2.02. The predicted molar refractivity (Wildman–Crippen MR) is 94.0 cm³/mol. The van der Waals surface area contributed by atoms with Gasteiger partial charge >= 0.3 is 0 Å². The molecule has 1 aliphatic heterocycles. The highest BCUT2D eigenvalue weighted by Crippen LogP contribution is 2.24. The van der Waals surface area contributed by atoms with Gasteiger partial charge in [-0.3, -0.25) is 4.90 Å². The zero-order valence-electron chi connectivity index (χ0n) is 14.2. The van der Waals surface area contributed by atoms with E-state index in [1.54, 1.807) is 0 Å². The number of hydrogen-bond acceptors (Lipinski definition) is 3. The fourth-order valence-electron chi connectivity index (χ4n) is 3.26. The maximum atomic E-state index is 3.80. The number of nitrogens with one attached hydrogen (secondary N) is 1. The summed E-state index contributed by atoms with van der Waals surface area (Å²) in [5, 5.41) is 3.80. The average Bonchev–Trinajstić information content (AvgIpc) is 2.96. The molecule has 1 fully saturated rings. The third kappa shape index (κ3) is 4.54. The highest BCUT2D eigenvalue weighted by molar-refractivity contribution is 7.11. The Morgan fingerprint density at radius 3 is 2.67 bits per heavy atom. The molecule has 1 aliphatic rings. The molecule has 3 heteroatoms. The SMILES string of the molecule is CCCC1CNC(C(C)CC)CN1Cc1ccc(CC)s1. The van der Waals surface area contributed by atoms with E-state index in [4.69, 9.17) is 0 Å². The number of aryl methyl sites for hydroxylation is 1. The van der Waals surface area contributed by atoms with Crippen molar-refractivity contribution in [1.82, 2.24) is 10.2 Å². The van der Waals surface area contributed by atoms with Crippen LogP contribution < -0.4 is 5.32 Å². The lowest BCUT2D eigenvalue weighted by Gasteiger charge is -2.42. The van der Waals surface area contributed by atoms with E-state index in [1.165, 1.54) is 42.0 Å². The monoisotopic (exact) mass is 308 g/mol. The molecular formula is C18H32N2S. The van der Waals surface area contributed by atoms with Gasteiger partial charge in [0.15, 0.2) is 0 Å². The fourth-order valence-corrected chi connectivity index (χ4v) is 4.24. The van der Waals surface area contributed by atoms with E-state index in [9.17, 15) is 0 Å². The summed E-state index contributed by atoms with van der Waals surface area (Å²) in [6.45, 7) is 12.8. The van der Waals surface area contributed by atoms with Gasteiger partial charge in [0.2, 0.25) is 0 Å². The van der Waals surface area contributed by atoms with Crippen molar-refractivity contribution in [3.8, 4) is 0 Å². The summed E-state index contributed by atoms with van der Waals surface area (Å²) in [6.07, 6.45) is 5.02. The summed E-state index contributed by atoms with van der Waals surface area (Å²) in [7, 11) is 0. The summed E-state index contributed by atoms with van der Waals surface area (Å²) < 4.78 is 0. The van der Waals surface area contributed by atoms with Crippen LogP contribution >= 0.6 is 11.3 Å². The molecule has 2 nitrogen and oxygen atoms in total. The molecule has 1 saturated heterocycles. The van der Waals surface area contributed by atoms with Crippen molar-refractivity contribution in [2.24, 2.45) is 5.92 Å². The maximum absolute atomic E-state index is 3.80. The molecule has 2 rings (SSSR count). The highest BCUT2D eigenvalue weighted by atomic mass is 32.1. The zero-order chi connectivity index (χ0) is 15.2. The Morgan fingerprint density at radius 2 is 2.05 bits per heavy atom. The van der Waals surface area contributed by atoms with E-state index in [2.05, 4.69) is 50.0 Å². The smallest absolute Gasteiger partial charge is 0.0332 e. The lowest BCUT2D eigenvalue weighted by molar-refractivity contribution is 0.0970. The number of nitrogens with zero attached hydrogens (tertiary/aromatic N) is 1. The van der Waals surface area contributed by atoms with Gasteiger partial charge < -0.3 is 5.32 Å². The number of piperazine rings is 1. The molecule has 1 aromatic heterocycles. The van der Waals surface area contributed by atoms with E-state index < -0.39 is 0 Å². The molecule has 0 radical (unpaired) electrons. The Hall–Kier alpha value is -0.380. The minimum Gasteiger partial charge on any atom is -0.311 e.